The molecule has 0 spiro atoms. The van der Waals surface area contributed by atoms with Gasteiger partial charge in [0, 0.05) is 6.21 Å². The van der Waals surface area contributed by atoms with Crippen molar-refractivity contribution in [2.75, 3.05) is 0 Å². The van der Waals surface area contributed by atoms with Crippen molar-refractivity contribution in [3.8, 4) is 0 Å². The Balaban J connectivity index is 2.40. The zero-order valence-electron chi connectivity index (χ0n) is 7.17. The van der Waals surface area contributed by atoms with Gasteiger partial charge in [-0.25, -0.2) is 0 Å². The van der Waals surface area contributed by atoms with Crippen molar-refractivity contribution < 1.29 is 0 Å². The molecule has 0 saturated heterocycles. The fraction of sp³-hybridized carbons (Fsp3) is 0.500. The third-order valence-electron chi connectivity index (χ3n) is 2.26. The second kappa shape index (κ2) is 3.51. The van der Waals surface area contributed by atoms with Gasteiger partial charge in [0.15, 0.2) is 0 Å². The van der Waals surface area contributed by atoms with E-state index < -0.39 is 0 Å². The van der Waals surface area contributed by atoms with Crippen LogP contribution in [-0.2, 0) is 0 Å². The van der Waals surface area contributed by atoms with Crippen LogP contribution in [0.1, 0.15) is 20.3 Å². The minimum Gasteiger partial charge on any atom is -0.309 e. The molecule has 1 aliphatic rings. The SMILES string of the molecule is C/C(=C\C=C/C=N)[C@@H]1C[C@H]1C. The summed E-state index contributed by atoms with van der Waals surface area (Å²) in [6.45, 7) is 4.45. The standard InChI is InChI=1S/C10H15N/c1-8(5-3-4-6-11)10-7-9(10)2/h3-6,9-11H,7H2,1-2H3/b4-3-,8-5+,11-6?/t9-,10+/m1/s1. The van der Waals surface area contributed by atoms with E-state index in [2.05, 4.69) is 19.9 Å². The van der Waals surface area contributed by atoms with E-state index in [1.807, 2.05) is 6.08 Å². The van der Waals surface area contributed by atoms with Gasteiger partial charge in [-0.05, 0) is 31.3 Å². The summed E-state index contributed by atoms with van der Waals surface area (Å²) in [7, 11) is 0. The summed E-state index contributed by atoms with van der Waals surface area (Å²) >= 11 is 0. The molecule has 1 N–H and O–H groups in total. The van der Waals surface area contributed by atoms with E-state index in [-0.39, 0.29) is 0 Å². The van der Waals surface area contributed by atoms with Crippen LogP contribution >= 0.6 is 0 Å². The van der Waals surface area contributed by atoms with Crippen LogP contribution in [0.5, 0.6) is 0 Å². The maximum absolute atomic E-state index is 6.77. The minimum absolute atomic E-state index is 0.824. The molecule has 0 aromatic rings. The molecule has 1 rings (SSSR count). The van der Waals surface area contributed by atoms with Crippen molar-refractivity contribution >= 4 is 6.21 Å². The molecule has 60 valence electrons. The smallest absolute Gasteiger partial charge is 0.0177 e. The molecule has 2 atom stereocenters. The molecule has 0 amide bonds. The average molecular weight is 149 g/mol. The van der Waals surface area contributed by atoms with Crippen LogP contribution in [0.2, 0.25) is 0 Å². The Labute approximate surface area is 68.3 Å². The highest BCUT2D eigenvalue weighted by molar-refractivity contribution is 5.68. The molecular formula is C10H15N. The largest absolute Gasteiger partial charge is 0.309 e. The lowest BCUT2D eigenvalue weighted by Gasteiger charge is -1.92. The molecule has 0 heterocycles. The first kappa shape index (κ1) is 8.25. The summed E-state index contributed by atoms with van der Waals surface area (Å²) in [5.41, 5.74) is 1.45. The molecule has 1 fully saturated rings. The second-order valence-corrected chi connectivity index (χ2v) is 3.28. The Hall–Kier alpha value is -0.850. The molecule has 1 nitrogen and oxygen atoms in total. The van der Waals surface area contributed by atoms with E-state index in [0.29, 0.717) is 0 Å². The zero-order valence-corrected chi connectivity index (χ0v) is 7.17. The van der Waals surface area contributed by atoms with E-state index in [4.69, 9.17) is 5.41 Å². The van der Waals surface area contributed by atoms with Gasteiger partial charge in [0.2, 0.25) is 0 Å². The molecule has 1 saturated carbocycles. The molecule has 0 unspecified atom stereocenters. The van der Waals surface area contributed by atoms with E-state index in [0.717, 1.165) is 11.8 Å². The Bertz CT molecular complexity index is 201. The fourth-order valence-electron chi connectivity index (χ4n) is 1.34. The summed E-state index contributed by atoms with van der Waals surface area (Å²) in [5.74, 6) is 1.71. The first-order chi connectivity index (χ1) is 5.25. The monoisotopic (exact) mass is 149 g/mol. The lowest BCUT2D eigenvalue weighted by atomic mass is 10.1. The third-order valence-corrected chi connectivity index (χ3v) is 2.26. The van der Waals surface area contributed by atoms with Gasteiger partial charge in [-0.3, -0.25) is 0 Å². The molecule has 0 aliphatic heterocycles. The van der Waals surface area contributed by atoms with Gasteiger partial charge in [0.25, 0.3) is 0 Å². The first-order valence-electron chi connectivity index (χ1n) is 4.09. The van der Waals surface area contributed by atoms with Crippen LogP contribution in [0.25, 0.3) is 0 Å². The van der Waals surface area contributed by atoms with E-state index in [9.17, 15) is 0 Å². The molecule has 0 aromatic heterocycles. The van der Waals surface area contributed by atoms with Gasteiger partial charge in [-0.2, -0.15) is 0 Å². The average Bonchev–Trinajstić information content (AvgIpc) is 2.67. The Morgan fingerprint density at radius 1 is 1.45 bits per heavy atom. The zero-order chi connectivity index (χ0) is 8.27. The maximum atomic E-state index is 6.77. The Kier molecular flexibility index (Phi) is 2.64. The van der Waals surface area contributed by atoms with Crippen LogP contribution < -0.4 is 0 Å². The van der Waals surface area contributed by atoms with Crippen LogP contribution in [0, 0.1) is 17.2 Å². The van der Waals surface area contributed by atoms with E-state index in [1.54, 1.807) is 6.08 Å². The van der Waals surface area contributed by atoms with Crippen molar-refractivity contribution in [3.05, 3.63) is 23.8 Å². The first-order valence-corrected chi connectivity index (χ1v) is 4.09. The van der Waals surface area contributed by atoms with Gasteiger partial charge in [-0.15, -0.1) is 0 Å². The summed E-state index contributed by atoms with van der Waals surface area (Å²) in [6.07, 6.45) is 8.45. The van der Waals surface area contributed by atoms with E-state index in [1.165, 1.54) is 18.2 Å². The van der Waals surface area contributed by atoms with E-state index >= 15 is 0 Å². The predicted molar refractivity (Wildman–Crippen MR) is 49.0 cm³/mol. The molecule has 11 heavy (non-hydrogen) atoms. The van der Waals surface area contributed by atoms with Gasteiger partial charge in [-0.1, -0.05) is 24.6 Å². The fourth-order valence-corrected chi connectivity index (χ4v) is 1.34. The van der Waals surface area contributed by atoms with Gasteiger partial charge in [0.05, 0.1) is 0 Å². The maximum Gasteiger partial charge on any atom is 0.0177 e. The highest BCUT2D eigenvalue weighted by Gasteiger charge is 2.33. The van der Waals surface area contributed by atoms with Gasteiger partial charge < -0.3 is 5.41 Å². The Morgan fingerprint density at radius 3 is 2.55 bits per heavy atom. The molecule has 0 bridgehead atoms. The third kappa shape index (κ3) is 2.34. The molecule has 0 radical (unpaired) electrons. The normalized spacial score (nSPS) is 30.9. The number of nitrogens with one attached hydrogen (secondary N) is 1. The molecule has 1 heteroatoms. The van der Waals surface area contributed by atoms with Gasteiger partial charge in [0.1, 0.15) is 0 Å². The summed E-state index contributed by atoms with van der Waals surface area (Å²) in [4.78, 5) is 0. The van der Waals surface area contributed by atoms with Crippen molar-refractivity contribution in [3.63, 3.8) is 0 Å². The van der Waals surface area contributed by atoms with Crippen molar-refractivity contribution in [1.29, 1.82) is 5.41 Å². The van der Waals surface area contributed by atoms with Crippen LogP contribution in [-0.4, -0.2) is 6.21 Å². The number of hydrogen-bond donors (Lipinski definition) is 1. The molecule has 0 aromatic carbocycles. The summed E-state index contributed by atoms with van der Waals surface area (Å²) in [5, 5.41) is 6.77. The topological polar surface area (TPSA) is 23.9 Å². The van der Waals surface area contributed by atoms with Crippen molar-refractivity contribution in [1.82, 2.24) is 0 Å². The lowest BCUT2D eigenvalue weighted by Crippen LogP contribution is -1.79. The number of hydrogen-bond acceptors (Lipinski definition) is 1. The number of allylic oxidation sites excluding steroid dienone is 4. The highest BCUT2D eigenvalue weighted by Crippen LogP contribution is 2.43. The second-order valence-electron chi connectivity index (χ2n) is 3.28. The quantitative estimate of drug-likeness (QED) is 0.471. The Morgan fingerprint density at radius 2 is 2.09 bits per heavy atom. The number of rotatable bonds is 3. The summed E-state index contributed by atoms with van der Waals surface area (Å²) < 4.78 is 0. The molecular weight excluding hydrogens is 134 g/mol. The predicted octanol–water partition coefficient (Wildman–Crippen LogP) is 2.79. The highest BCUT2D eigenvalue weighted by atomic mass is 14.4. The van der Waals surface area contributed by atoms with Crippen LogP contribution in [0.4, 0.5) is 0 Å². The lowest BCUT2D eigenvalue weighted by molar-refractivity contribution is 0.856. The summed E-state index contributed by atoms with van der Waals surface area (Å²) in [6, 6.07) is 0. The van der Waals surface area contributed by atoms with Crippen LogP contribution in [0.15, 0.2) is 23.8 Å². The van der Waals surface area contributed by atoms with Crippen molar-refractivity contribution in [2.24, 2.45) is 11.8 Å². The van der Waals surface area contributed by atoms with Crippen molar-refractivity contribution in [2.45, 2.75) is 20.3 Å². The van der Waals surface area contributed by atoms with Crippen LogP contribution in [0.3, 0.4) is 0 Å². The molecule has 1 aliphatic carbocycles. The van der Waals surface area contributed by atoms with Gasteiger partial charge >= 0.3 is 0 Å². The minimum atomic E-state index is 0.824.